The van der Waals surface area contributed by atoms with E-state index >= 15 is 0 Å². The topological polar surface area (TPSA) is 47.1 Å². The lowest BCUT2D eigenvalue weighted by atomic mass is 9.90. The number of hydrogen-bond acceptors (Lipinski definition) is 6. The monoisotopic (exact) mass is 659 g/mol. The van der Waals surface area contributed by atoms with E-state index in [2.05, 4.69) is 53.2 Å². The van der Waals surface area contributed by atoms with E-state index in [1.165, 1.54) is 12.4 Å². The molecule has 0 amide bonds. The summed E-state index contributed by atoms with van der Waals surface area (Å²) in [6.07, 6.45) is -1.07. The van der Waals surface area contributed by atoms with Gasteiger partial charge in [0.15, 0.2) is 0 Å². The third-order valence-corrected chi connectivity index (χ3v) is 9.49. The average Bonchev–Trinajstić information content (AvgIpc) is 3.11. The molecule has 0 saturated carbocycles. The van der Waals surface area contributed by atoms with Gasteiger partial charge in [0, 0.05) is 38.4 Å². The maximum atomic E-state index is 13.9. The molecule has 0 unspecified atom stereocenters. The van der Waals surface area contributed by atoms with Gasteiger partial charge < -0.3 is 19.1 Å². The molecule has 0 spiro atoms. The molecule has 2 fully saturated rings. The van der Waals surface area contributed by atoms with E-state index < -0.39 is 11.7 Å². The molecule has 1 aromatic heterocycles. The van der Waals surface area contributed by atoms with Gasteiger partial charge in [-0.25, -0.2) is 0 Å². The fourth-order valence-corrected chi connectivity index (χ4v) is 6.97. The second-order valence-corrected chi connectivity index (χ2v) is 12.9. The van der Waals surface area contributed by atoms with Gasteiger partial charge in [-0.2, -0.15) is 13.2 Å². The van der Waals surface area contributed by atoms with E-state index in [1.54, 1.807) is 0 Å². The third kappa shape index (κ3) is 8.82. The van der Waals surface area contributed by atoms with Crippen molar-refractivity contribution in [1.82, 2.24) is 9.88 Å². The number of alkyl halides is 3. The Labute approximate surface area is 281 Å². The molecule has 3 aromatic carbocycles. The number of halogens is 3. The Balaban J connectivity index is 1.23. The van der Waals surface area contributed by atoms with Crippen molar-refractivity contribution in [2.45, 2.75) is 70.1 Å². The van der Waals surface area contributed by atoms with Gasteiger partial charge in [-0.1, -0.05) is 91.0 Å². The van der Waals surface area contributed by atoms with E-state index in [9.17, 15) is 13.2 Å². The molecule has 0 bridgehead atoms. The predicted octanol–water partition coefficient (Wildman–Crippen LogP) is 7.78. The van der Waals surface area contributed by atoms with E-state index in [0.717, 1.165) is 35.6 Å². The lowest BCUT2D eigenvalue weighted by molar-refractivity contribution is -0.202. The van der Waals surface area contributed by atoms with Crippen LogP contribution in [-0.2, 0) is 40.2 Å². The number of ether oxygens (including phenoxy) is 3. The lowest BCUT2D eigenvalue weighted by Gasteiger charge is -2.49. The molecular weight excluding hydrogens is 615 g/mol. The molecule has 3 heterocycles. The zero-order valence-electron chi connectivity index (χ0n) is 27.3. The summed E-state index contributed by atoms with van der Waals surface area (Å²) in [5.74, 6) is 0.161. The molecule has 6 nitrogen and oxygen atoms in total. The van der Waals surface area contributed by atoms with E-state index in [1.807, 2.05) is 59.5 Å². The van der Waals surface area contributed by atoms with Gasteiger partial charge in [-0.15, -0.1) is 0 Å². The first-order valence-electron chi connectivity index (χ1n) is 16.8. The summed E-state index contributed by atoms with van der Waals surface area (Å²) in [6, 6.07) is 31.4. The Morgan fingerprint density at radius 2 is 1.29 bits per heavy atom. The van der Waals surface area contributed by atoms with Crippen LogP contribution < -0.4 is 4.90 Å². The van der Waals surface area contributed by atoms with Crippen LogP contribution in [0.5, 0.6) is 0 Å². The fourth-order valence-electron chi connectivity index (χ4n) is 6.97. The number of pyridine rings is 1. The minimum atomic E-state index is -4.44. The highest BCUT2D eigenvalue weighted by Crippen LogP contribution is 2.38. The van der Waals surface area contributed by atoms with Crippen LogP contribution in [0.2, 0.25) is 0 Å². The number of benzene rings is 3. The molecule has 254 valence electrons. The number of aromatic nitrogens is 1. The minimum absolute atomic E-state index is 0.0226. The second-order valence-electron chi connectivity index (χ2n) is 12.9. The van der Waals surface area contributed by atoms with Crippen LogP contribution in [0, 0.1) is 5.92 Å². The molecule has 0 N–H and O–H groups in total. The summed E-state index contributed by atoms with van der Waals surface area (Å²) in [5.41, 5.74) is 2.75. The molecule has 5 atom stereocenters. The second kappa shape index (κ2) is 16.1. The summed E-state index contributed by atoms with van der Waals surface area (Å²) in [4.78, 5) is 8.30. The zero-order chi connectivity index (χ0) is 33.3. The maximum absolute atomic E-state index is 13.9. The highest BCUT2D eigenvalue weighted by atomic mass is 19.4. The Hall–Kier alpha value is -3.76. The van der Waals surface area contributed by atoms with Crippen molar-refractivity contribution < 1.29 is 27.4 Å². The predicted molar refractivity (Wildman–Crippen MR) is 180 cm³/mol. The largest absolute Gasteiger partial charge is 0.418 e. The molecule has 9 heteroatoms. The van der Waals surface area contributed by atoms with Crippen LogP contribution >= 0.6 is 0 Å². The van der Waals surface area contributed by atoms with Crippen molar-refractivity contribution in [3.8, 4) is 0 Å². The van der Waals surface area contributed by atoms with Gasteiger partial charge in [0.2, 0.25) is 0 Å². The van der Waals surface area contributed by atoms with E-state index in [-0.39, 0.29) is 36.0 Å². The van der Waals surface area contributed by atoms with Crippen molar-refractivity contribution in [3.05, 3.63) is 132 Å². The summed E-state index contributed by atoms with van der Waals surface area (Å²) >= 11 is 0. The smallest absolute Gasteiger partial charge is 0.369 e. The van der Waals surface area contributed by atoms with Gasteiger partial charge >= 0.3 is 6.18 Å². The number of likely N-dealkylation sites (tertiary alicyclic amines) is 1. The Morgan fingerprint density at radius 3 is 1.88 bits per heavy atom. The molecule has 6 rings (SSSR count). The van der Waals surface area contributed by atoms with Crippen molar-refractivity contribution in [3.63, 3.8) is 0 Å². The van der Waals surface area contributed by atoms with Gasteiger partial charge in [0.05, 0.1) is 43.4 Å². The van der Waals surface area contributed by atoms with Crippen molar-refractivity contribution in [1.29, 1.82) is 0 Å². The van der Waals surface area contributed by atoms with Gasteiger partial charge in [-0.3, -0.25) is 9.88 Å². The standard InChI is InChI=1S/C39H44F3N3O3/c1-29-37(47-27-31-14-7-3-8-15-31)38(48-28-32-16-9-4-10-17-32)36(46-26-30-12-5-2-6-13-30)25-45(29)24-33-18-11-21-44(23-33)35-22-43-20-19-34(35)39(40,41)42/h2-10,12-17,19-20,22,29,33,36-38H,11,18,21,23-28H2,1H3/t29-,33+,36+,37-,38-/m1/s1. The highest BCUT2D eigenvalue weighted by Gasteiger charge is 2.45. The molecule has 48 heavy (non-hydrogen) atoms. The van der Waals surface area contributed by atoms with E-state index in [4.69, 9.17) is 14.2 Å². The molecule has 0 aliphatic carbocycles. The highest BCUT2D eigenvalue weighted by molar-refractivity contribution is 5.53. The summed E-state index contributed by atoms with van der Waals surface area (Å²) < 4.78 is 61.8. The Kier molecular flexibility index (Phi) is 11.4. The number of hydrogen-bond donors (Lipinski definition) is 0. The summed E-state index contributed by atoms with van der Waals surface area (Å²) in [5, 5.41) is 0. The Morgan fingerprint density at radius 1 is 0.729 bits per heavy atom. The molecule has 2 saturated heterocycles. The first-order chi connectivity index (χ1) is 23.3. The van der Waals surface area contributed by atoms with E-state index in [0.29, 0.717) is 46.0 Å². The van der Waals surface area contributed by atoms with Gasteiger partial charge in [0.1, 0.15) is 12.2 Å². The lowest BCUT2D eigenvalue weighted by Crippen LogP contribution is -2.63. The fraction of sp³-hybridized carbons (Fsp3) is 0.410. The van der Waals surface area contributed by atoms with Crippen molar-refractivity contribution >= 4 is 5.69 Å². The number of piperidine rings is 2. The average molecular weight is 660 g/mol. The van der Waals surface area contributed by atoms with Crippen LogP contribution in [0.4, 0.5) is 18.9 Å². The van der Waals surface area contributed by atoms with Crippen LogP contribution in [0.25, 0.3) is 0 Å². The van der Waals surface area contributed by atoms with Gasteiger partial charge in [0.25, 0.3) is 0 Å². The number of anilines is 1. The number of rotatable bonds is 12. The molecular formula is C39H44F3N3O3. The summed E-state index contributed by atoms with van der Waals surface area (Å²) in [7, 11) is 0. The normalized spacial score (nSPS) is 23.7. The molecule has 2 aliphatic heterocycles. The molecule has 4 aromatic rings. The van der Waals surface area contributed by atoms with Crippen molar-refractivity contribution in [2.24, 2.45) is 5.92 Å². The third-order valence-electron chi connectivity index (χ3n) is 9.49. The van der Waals surface area contributed by atoms with Crippen LogP contribution in [0.1, 0.15) is 42.0 Å². The van der Waals surface area contributed by atoms with Crippen LogP contribution in [0.15, 0.2) is 109 Å². The van der Waals surface area contributed by atoms with Gasteiger partial charge in [-0.05, 0) is 48.4 Å². The number of nitrogens with zero attached hydrogens (tertiary/aromatic N) is 3. The van der Waals surface area contributed by atoms with Crippen LogP contribution in [-0.4, -0.2) is 60.4 Å². The SMILES string of the molecule is C[C@@H]1[C@@H](OCc2ccccc2)[C@H](OCc2ccccc2)[C@@H](OCc2ccccc2)CN1C[C@H]1CCCN(c2cnccc2C(F)(F)F)C1. The van der Waals surface area contributed by atoms with Crippen molar-refractivity contribution in [2.75, 3.05) is 31.1 Å². The summed E-state index contributed by atoms with van der Waals surface area (Å²) in [6.45, 7) is 5.89. The first kappa shape index (κ1) is 34.1. The molecule has 0 radical (unpaired) electrons. The minimum Gasteiger partial charge on any atom is -0.369 e. The quantitative estimate of drug-likeness (QED) is 0.155. The Bertz CT molecular complexity index is 1540. The van der Waals surface area contributed by atoms with Crippen LogP contribution in [0.3, 0.4) is 0 Å². The zero-order valence-corrected chi connectivity index (χ0v) is 27.3. The maximum Gasteiger partial charge on any atom is 0.418 e. The first-order valence-corrected chi connectivity index (χ1v) is 16.8. The molecule has 2 aliphatic rings.